The van der Waals surface area contributed by atoms with E-state index in [-0.39, 0.29) is 0 Å². The molecule has 0 amide bonds. The fourth-order valence-corrected chi connectivity index (χ4v) is 2.72. The lowest BCUT2D eigenvalue weighted by atomic mass is 10.3. The van der Waals surface area contributed by atoms with Gasteiger partial charge in [-0.15, -0.1) is 11.6 Å². The summed E-state index contributed by atoms with van der Waals surface area (Å²) in [4.78, 5) is 0. The lowest BCUT2D eigenvalue weighted by Crippen LogP contribution is -2.19. The second kappa shape index (κ2) is 2.86. The molecule has 0 saturated heterocycles. The first-order valence-corrected chi connectivity index (χ1v) is 8.27. The number of hydrogen-bond acceptors (Lipinski definition) is 0. The topological polar surface area (TPSA) is 0 Å². The number of halogens is 1. The maximum Gasteiger partial charge on any atom is 0.0442 e. The van der Waals surface area contributed by atoms with E-state index in [1.165, 1.54) is 18.9 Å². The van der Waals surface area contributed by atoms with Crippen LogP contribution in [0.4, 0.5) is 0 Å². The Bertz CT molecular complexity index is 117. The zero-order valence-corrected chi connectivity index (χ0v) is 8.91. The lowest BCUT2D eigenvalue weighted by Gasteiger charge is -2.14. The van der Waals surface area contributed by atoms with Gasteiger partial charge in [-0.3, -0.25) is 0 Å². The van der Waals surface area contributed by atoms with Crippen LogP contribution in [0.25, 0.3) is 0 Å². The zero-order chi connectivity index (χ0) is 7.78. The summed E-state index contributed by atoms with van der Waals surface area (Å²) in [5.74, 6) is 0.883. The first kappa shape index (κ1) is 8.60. The van der Waals surface area contributed by atoms with Gasteiger partial charge in [0.1, 0.15) is 0 Å². The minimum absolute atomic E-state index is 0.538. The van der Waals surface area contributed by atoms with Crippen LogP contribution in [0.3, 0.4) is 0 Å². The summed E-state index contributed by atoms with van der Waals surface area (Å²) in [5, 5.41) is 0.538. The van der Waals surface area contributed by atoms with Gasteiger partial charge in [0.05, 0.1) is 0 Å². The largest absolute Gasteiger partial charge is 0.123 e. The molecule has 0 bridgehead atoms. The molecule has 60 valence electrons. The van der Waals surface area contributed by atoms with Crippen LogP contribution in [-0.2, 0) is 0 Å². The third-order valence-corrected chi connectivity index (χ3v) is 4.42. The Morgan fingerprint density at radius 2 is 1.90 bits per heavy atom. The van der Waals surface area contributed by atoms with Crippen LogP contribution in [0.5, 0.6) is 0 Å². The normalized spacial score (nSPS) is 32.4. The molecule has 1 rings (SSSR count). The molecular weight excluding hydrogens is 160 g/mol. The number of rotatable bonds is 3. The van der Waals surface area contributed by atoms with E-state index in [2.05, 4.69) is 19.6 Å². The Balaban J connectivity index is 2.06. The summed E-state index contributed by atoms with van der Waals surface area (Å²) in [6.07, 6.45) is 2.68. The van der Waals surface area contributed by atoms with Crippen molar-refractivity contribution >= 4 is 19.7 Å². The minimum atomic E-state index is -0.768. The third kappa shape index (κ3) is 3.06. The Labute approximate surface area is 70.0 Å². The fraction of sp³-hybridized carbons (Fsp3) is 1.00. The van der Waals surface area contributed by atoms with Crippen LogP contribution < -0.4 is 0 Å². The van der Waals surface area contributed by atoms with E-state index >= 15 is 0 Å². The molecule has 0 spiro atoms. The molecule has 0 heterocycles. The molecule has 2 heteroatoms. The van der Waals surface area contributed by atoms with Gasteiger partial charge in [-0.2, -0.15) is 0 Å². The molecule has 0 aromatic heterocycles. The highest BCUT2D eigenvalue weighted by atomic mass is 35.5. The number of hydrogen-bond donors (Lipinski definition) is 0. The monoisotopic (exact) mass is 176 g/mol. The van der Waals surface area contributed by atoms with E-state index in [4.69, 9.17) is 11.6 Å². The molecule has 0 nitrogen and oxygen atoms in total. The van der Waals surface area contributed by atoms with Crippen molar-refractivity contribution in [3.05, 3.63) is 0 Å². The van der Waals surface area contributed by atoms with E-state index in [1.807, 2.05) is 0 Å². The molecule has 1 aliphatic rings. The minimum Gasteiger partial charge on any atom is -0.123 e. The average Bonchev–Trinajstić information content (AvgIpc) is 2.40. The van der Waals surface area contributed by atoms with Gasteiger partial charge in [-0.25, -0.2) is 0 Å². The second-order valence-electron chi connectivity index (χ2n) is 4.61. The highest BCUT2D eigenvalue weighted by molar-refractivity contribution is 6.76. The van der Waals surface area contributed by atoms with Gasteiger partial charge in [0, 0.05) is 13.5 Å². The van der Waals surface area contributed by atoms with Crippen LogP contribution in [0, 0.1) is 5.92 Å². The summed E-state index contributed by atoms with van der Waals surface area (Å²) in [6.45, 7) is 7.29. The van der Waals surface area contributed by atoms with E-state index in [1.54, 1.807) is 0 Å². The van der Waals surface area contributed by atoms with Crippen molar-refractivity contribution in [2.75, 3.05) is 0 Å². The fourth-order valence-electron chi connectivity index (χ4n) is 1.13. The first-order chi connectivity index (χ1) is 4.49. The van der Waals surface area contributed by atoms with E-state index in [0.717, 1.165) is 5.92 Å². The van der Waals surface area contributed by atoms with Crippen LogP contribution in [0.1, 0.15) is 12.8 Å². The van der Waals surface area contributed by atoms with Gasteiger partial charge in [-0.1, -0.05) is 32.1 Å². The van der Waals surface area contributed by atoms with Gasteiger partial charge in [0.15, 0.2) is 0 Å². The molecule has 0 aromatic carbocycles. The molecule has 0 aliphatic heterocycles. The van der Waals surface area contributed by atoms with Crippen molar-refractivity contribution in [2.45, 2.75) is 43.9 Å². The van der Waals surface area contributed by atoms with Gasteiger partial charge >= 0.3 is 0 Å². The van der Waals surface area contributed by atoms with Crippen molar-refractivity contribution in [2.24, 2.45) is 5.92 Å². The molecule has 1 fully saturated rings. The van der Waals surface area contributed by atoms with Crippen LogP contribution in [0.2, 0.25) is 25.7 Å². The maximum absolute atomic E-state index is 5.90. The Morgan fingerprint density at radius 1 is 1.40 bits per heavy atom. The molecule has 10 heavy (non-hydrogen) atoms. The highest BCUT2D eigenvalue weighted by Gasteiger charge is 2.35. The van der Waals surface area contributed by atoms with Crippen LogP contribution in [-0.4, -0.2) is 13.5 Å². The standard InChI is InChI=1S/C8H17ClSi/c1-10(2,3)5-4-7-6-8(7)9/h7-8H,4-6H2,1-3H3/t7-,8-/m1/s1. The second-order valence-corrected chi connectivity index (χ2v) is 10.8. The van der Waals surface area contributed by atoms with Crippen LogP contribution >= 0.6 is 11.6 Å². The smallest absolute Gasteiger partial charge is 0.0442 e. The van der Waals surface area contributed by atoms with Gasteiger partial charge in [0.2, 0.25) is 0 Å². The number of alkyl halides is 1. The van der Waals surface area contributed by atoms with Gasteiger partial charge < -0.3 is 0 Å². The summed E-state index contributed by atoms with van der Waals surface area (Å²) in [7, 11) is -0.768. The molecule has 2 atom stereocenters. The molecule has 0 N–H and O–H groups in total. The summed E-state index contributed by atoms with van der Waals surface area (Å²) in [5.41, 5.74) is 0. The van der Waals surface area contributed by atoms with Crippen molar-refractivity contribution in [1.29, 1.82) is 0 Å². The molecule has 0 aromatic rings. The summed E-state index contributed by atoms with van der Waals surface area (Å²) in [6, 6.07) is 1.46. The average molecular weight is 177 g/mol. The summed E-state index contributed by atoms with van der Waals surface area (Å²) < 4.78 is 0. The van der Waals surface area contributed by atoms with Gasteiger partial charge in [-0.05, 0) is 12.3 Å². The molecule has 1 aliphatic carbocycles. The van der Waals surface area contributed by atoms with E-state index in [0.29, 0.717) is 5.38 Å². The van der Waals surface area contributed by atoms with Crippen LogP contribution in [0.15, 0.2) is 0 Å². The first-order valence-electron chi connectivity index (χ1n) is 4.13. The molecular formula is C8H17ClSi. The Hall–Kier alpha value is 0.507. The highest BCUT2D eigenvalue weighted by Crippen LogP contribution is 2.40. The van der Waals surface area contributed by atoms with E-state index < -0.39 is 8.07 Å². The predicted octanol–water partition coefficient (Wildman–Crippen LogP) is 3.34. The SMILES string of the molecule is C[Si](C)(C)CC[C@@H]1C[C@H]1Cl. The van der Waals surface area contributed by atoms with Crippen molar-refractivity contribution in [3.8, 4) is 0 Å². The lowest BCUT2D eigenvalue weighted by molar-refractivity contribution is 0.788. The molecule has 0 radical (unpaired) electrons. The molecule has 0 unspecified atom stereocenters. The van der Waals surface area contributed by atoms with Crippen molar-refractivity contribution in [3.63, 3.8) is 0 Å². The van der Waals surface area contributed by atoms with Crippen molar-refractivity contribution in [1.82, 2.24) is 0 Å². The predicted molar refractivity (Wildman–Crippen MR) is 50.5 cm³/mol. The summed E-state index contributed by atoms with van der Waals surface area (Å²) >= 11 is 5.90. The molecule has 1 saturated carbocycles. The maximum atomic E-state index is 5.90. The van der Waals surface area contributed by atoms with E-state index in [9.17, 15) is 0 Å². The Kier molecular flexibility index (Phi) is 2.46. The van der Waals surface area contributed by atoms with Gasteiger partial charge in [0.25, 0.3) is 0 Å². The quantitative estimate of drug-likeness (QED) is 0.457. The zero-order valence-electron chi connectivity index (χ0n) is 7.15. The Morgan fingerprint density at radius 3 is 2.20 bits per heavy atom. The van der Waals surface area contributed by atoms with Crippen molar-refractivity contribution < 1.29 is 0 Å². The third-order valence-electron chi connectivity index (χ3n) is 2.10.